The molecule has 0 unspecified atom stereocenters. The number of amides is 1. The van der Waals surface area contributed by atoms with Crippen LogP contribution in [0.5, 0.6) is 0 Å². The highest BCUT2D eigenvalue weighted by molar-refractivity contribution is 7.88. The van der Waals surface area contributed by atoms with Crippen molar-refractivity contribution in [1.82, 2.24) is 9.21 Å². The van der Waals surface area contributed by atoms with Crippen LogP contribution in [0.2, 0.25) is 0 Å². The van der Waals surface area contributed by atoms with E-state index >= 15 is 0 Å². The fraction of sp³-hybridized carbons (Fsp3) is 0.300. The Morgan fingerprint density at radius 3 is 2.07 bits per heavy atom. The number of piperazine rings is 1. The minimum Gasteiger partial charge on any atom is -0.333 e. The van der Waals surface area contributed by atoms with Gasteiger partial charge in [-0.15, -0.1) is 0 Å². The van der Waals surface area contributed by atoms with Gasteiger partial charge in [0.15, 0.2) is 0 Å². The standard InChI is InChI=1S/C20H22N2O4S/c1-16-7-9-18(10-8-16)19(23)20(24)21-11-13-22(14-12-21)27(25,26)15-17-5-3-2-4-6-17/h2-10H,11-15H2,1H3. The molecule has 3 rings (SSSR count). The smallest absolute Gasteiger partial charge is 0.295 e. The summed E-state index contributed by atoms with van der Waals surface area (Å²) in [5.74, 6) is -1.21. The minimum atomic E-state index is -3.45. The third-order valence-electron chi connectivity index (χ3n) is 4.62. The highest BCUT2D eigenvalue weighted by atomic mass is 32.2. The molecule has 1 fully saturated rings. The largest absolute Gasteiger partial charge is 0.333 e. The Morgan fingerprint density at radius 1 is 0.889 bits per heavy atom. The summed E-state index contributed by atoms with van der Waals surface area (Å²) < 4.78 is 26.5. The fourth-order valence-electron chi connectivity index (χ4n) is 3.02. The highest BCUT2D eigenvalue weighted by Crippen LogP contribution is 2.15. The van der Waals surface area contributed by atoms with E-state index in [9.17, 15) is 18.0 Å². The van der Waals surface area contributed by atoms with Crippen LogP contribution in [0.4, 0.5) is 0 Å². The molecule has 1 aliphatic heterocycles. The molecule has 0 aliphatic carbocycles. The highest BCUT2D eigenvalue weighted by Gasteiger charge is 2.31. The van der Waals surface area contributed by atoms with Gasteiger partial charge in [0.1, 0.15) is 0 Å². The molecule has 1 heterocycles. The Kier molecular flexibility index (Phi) is 5.72. The van der Waals surface area contributed by atoms with Crippen LogP contribution in [0, 0.1) is 6.92 Å². The van der Waals surface area contributed by atoms with Crippen molar-refractivity contribution < 1.29 is 18.0 Å². The molecule has 0 saturated carbocycles. The number of benzene rings is 2. The number of carbonyl (C=O) groups is 2. The van der Waals surface area contributed by atoms with Crippen molar-refractivity contribution in [2.75, 3.05) is 26.2 Å². The number of ketones is 1. The van der Waals surface area contributed by atoms with Crippen molar-refractivity contribution in [2.45, 2.75) is 12.7 Å². The zero-order valence-corrected chi connectivity index (χ0v) is 16.0. The maximum Gasteiger partial charge on any atom is 0.295 e. The summed E-state index contributed by atoms with van der Waals surface area (Å²) in [5.41, 5.74) is 2.09. The van der Waals surface area contributed by atoms with E-state index in [-0.39, 0.29) is 31.9 Å². The number of nitrogens with zero attached hydrogens (tertiary/aromatic N) is 2. The van der Waals surface area contributed by atoms with E-state index < -0.39 is 21.7 Å². The lowest BCUT2D eigenvalue weighted by atomic mass is 10.1. The molecule has 2 aromatic carbocycles. The van der Waals surface area contributed by atoms with Crippen LogP contribution in [-0.2, 0) is 20.6 Å². The van der Waals surface area contributed by atoms with Crippen LogP contribution in [0.25, 0.3) is 0 Å². The van der Waals surface area contributed by atoms with Crippen LogP contribution in [-0.4, -0.2) is 55.5 Å². The number of aryl methyl sites for hydroxylation is 1. The van der Waals surface area contributed by atoms with Gasteiger partial charge in [0.05, 0.1) is 5.75 Å². The summed E-state index contributed by atoms with van der Waals surface area (Å²) in [6.45, 7) is 2.73. The summed E-state index contributed by atoms with van der Waals surface area (Å²) in [7, 11) is -3.45. The molecule has 7 heteroatoms. The monoisotopic (exact) mass is 386 g/mol. The zero-order chi connectivity index (χ0) is 19.4. The summed E-state index contributed by atoms with van der Waals surface area (Å²) >= 11 is 0. The summed E-state index contributed by atoms with van der Waals surface area (Å²) in [5, 5.41) is 0. The first-order valence-corrected chi connectivity index (χ1v) is 10.4. The number of Topliss-reactive ketones (excluding diaryl/α,β-unsaturated/α-hetero) is 1. The van der Waals surface area contributed by atoms with Crippen molar-refractivity contribution in [2.24, 2.45) is 0 Å². The van der Waals surface area contributed by atoms with Crippen molar-refractivity contribution in [3.05, 3.63) is 71.3 Å². The molecule has 0 N–H and O–H groups in total. The summed E-state index contributed by atoms with van der Waals surface area (Å²) in [4.78, 5) is 26.2. The van der Waals surface area contributed by atoms with Crippen LogP contribution in [0.3, 0.4) is 0 Å². The van der Waals surface area contributed by atoms with E-state index in [1.807, 2.05) is 13.0 Å². The number of rotatable bonds is 5. The van der Waals surface area contributed by atoms with Crippen LogP contribution in [0.15, 0.2) is 54.6 Å². The molecule has 2 aromatic rings. The number of hydrogen-bond donors (Lipinski definition) is 0. The quantitative estimate of drug-likeness (QED) is 0.581. The van der Waals surface area contributed by atoms with Crippen molar-refractivity contribution in [1.29, 1.82) is 0 Å². The number of sulfonamides is 1. The Balaban J connectivity index is 1.60. The number of hydrogen-bond acceptors (Lipinski definition) is 4. The van der Waals surface area contributed by atoms with Gasteiger partial charge in [0, 0.05) is 31.7 Å². The lowest BCUT2D eigenvalue weighted by molar-refractivity contribution is -0.127. The van der Waals surface area contributed by atoms with Gasteiger partial charge < -0.3 is 4.90 Å². The van der Waals surface area contributed by atoms with Gasteiger partial charge in [-0.1, -0.05) is 60.2 Å². The maximum atomic E-state index is 12.6. The van der Waals surface area contributed by atoms with Gasteiger partial charge in [-0.25, -0.2) is 8.42 Å². The van der Waals surface area contributed by atoms with Crippen molar-refractivity contribution in [3.63, 3.8) is 0 Å². The van der Waals surface area contributed by atoms with Gasteiger partial charge in [-0.2, -0.15) is 4.31 Å². The topological polar surface area (TPSA) is 74.8 Å². The lowest BCUT2D eigenvalue weighted by Crippen LogP contribution is -2.52. The molecule has 0 atom stereocenters. The molecule has 1 aliphatic rings. The molecule has 0 aromatic heterocycles. The summed E-state index contributed by atoms with van der Waals surface area (Å²) in [6, 6.07) is 15.8. The molecule has 1 saturated heterocycles. The molecule has 27 heavy (non-hydrogen) atoms. The second-order valence-electron chi connectivity index (χ2n) is 6.63. The predicted molar refractivity (Wildman–Crippen MR) is 103 cm³/mol. The third kappa shape index (κ3) is 4.61. The van der Waals surface area contributed by atoms with Crippen LogP contribution >= 0.6 is 0 Å². The second kappa shape index (κ2) is 8.02. The second-order valence-corrected chi connectivity index (χ2v) is 8.60. The SMILES string of the molecule is Cc1ccc(C(=O)C(=O)N2CCN(S(=O)(=O)Cc3ccccc3)CC2)cc1. The fourth-order valence-corrected chi connectivity index (χ4v) is 4.53. The van der Waals surface area contributed by atoms with E-state index in [1.54, 1.807) is 48.5 Å². The molecular formula is C20H22N2O4S. The molecule has 6 nitrogen and oxygen atoms in total. The third-order valence-corrected chi connectivity index (χ3v) is 6.47. The molecule has 0 radical (unpaired) electrons. The molecular weight excluding hydrogens is 364 g/mol. The van der Waals surface area contributed by atoms with Crippen LogP contribution < -0.4 is 0 Å². The van der Waals surface area contributed by atoms with Crippen molar-refractivity contribution >= 4 is 21.7 Å². The van der Waals surface area contributed by atoms with Gasteiger partial charge in [-0.05, 0) is 12.5 Å². The van der Waals surface area contributed by atoms with E-state index in [0.29, 0.717) is 5.56 Å². The maximum absolute atomic E-state index is 12.6. The Morgan fingerprint density at radius 2 is 1.48 bits per heavy atom. The molecule has 0 bridgehead atoms. The van der Waals surface area contributed by atoms with E-state index in [4.69, 9.17) is 0 Å². The first-order valence-electron chi connectivity index (χ1n) is 8.79. The average molecular weight is 386 g/mol. The van der Waals surface area contributed by atoms with E-state index in [1.165, 1.54) is 9.21 Å². The molecule has 1 amide bonds. The Hall–Kier alpha value is -2.51. The Labute approximate surface area is 159 Å². The molecule has 0 spiro atoms. The van der Waals surface area contributed by atoms with Gasteiger partial charge in [-0.3, -0.25) is 9.59 Å². The van der Waals surface area contributed by atoms with Crippen LogP contribution in [0.1, 0.15) is 21.5 Å². The molecule has 142 valence electrons. The van der Waals surface area contributed by atoms with E-state index in [0.717, 1.165) is 11.1 Å². The predicted octanol–water partition coefficient (Wildman–Crippen LogP) is 1.85. The first-order chi connectivity index (χ1) is 12.9. The van der Waals surface area contributed by atoms with Crippen molar-refractivity contribution in [3.8, 4) is 0 Å². The zero-order valence-electron chi connectivity index (χ0n) is 15.2. The van der Waals surface area contributed by atoms with E-state index in [2.05, 4.69) is 0 Å². The average Bonchev–Trinajstić information content (AvgIpc) is 2.68. The first kappa shape index (κ1) is 19.3. The minimum absolute atomic E-state index is 0.0654. The summed E-state index contributed by atoms with van der Waals surface area (Å²) in [6.07, 6.45) is 0. The van der Waals surface area contributed by atoms with Gasteiger partial charge >= 0.3 is 0 Å². The number of carbonyl (C=O) groups excluding carboxylic acids is 2. The van der Waals surface area contributed by atoms with Gasteiger partial charge in [0.2, 0.25) is 15.8 Å². The lowest BCUT2D eigenvalue weighted by Gasteiger charge is -2.33. The normalized spacial score (nSPS) is 15.5. The van der Waals surface area contributed by atoms with Gasteiger partial charge in [0.25, 0.3) is 5.91 Å². The Bertz CT molecular complexity index is 916.